The summed E-state index contributed by atoms with van der Waals surface area (Å²) >= 11 is 0. The minimum Gasteiger partial charge on any atom is -0.396 e. The molecule has 1 N–H and O–H groups in total. The molecule has 0 radical (unpaired) electrons. The average Bonchev–Trinajstić information content (AvgIpc) is 2.96. The molecule has 0 spiro atoms. The van der Waals surface area contributed by atoms with Crippen molar-refractivity contribution in [1.82, 2.24) is 10.1 Å². The second-order valence-electron chi connectivity index (χ2n) is 7.13. The number of aromatic nitrogens is 1. The predicted molar refractivity (Wildman–Crippen MR) is 80.2 cm³/mol. The van der Waals surface area contributed by atoms with E-state index in [-0.39, 0.29) is 23.3 Å². The molecule has 2 rings (SSSR count). The molecule has 2 heterocycles. The Kier molecular flexibility index (Phi) is 4.42. The summed E-state index contributed by atoms with van der Waals surface area (Å²) in [5, 5.41) is 13.5. The molecule has 0 unspecified atom stereocenters. The molecule has 5 nitrogen and oxygen atoms in total. The highest BCUT2D eigenvalue weighted by molar-refractivity contribution is 5.92. The van der Waals surface area contributed by atoms with E-state index < -0.39 is 0 Å². The molecule has 0 atom stereocenters. The molecular weight excluding hydrogens is 268 g/mol. The molecule has 1 saturated heterocycles. The van der Waals surface area contributed by atoms with Crippen LogP contribution in [-0.4, -0.2) is 40.8 Å². The van der Waals surface area contributed by atoms with Crippen LogP contribution in [0.5, 0.6) is 0 Å². The van der Waals surface area contributed by atoms with E-state index in [1.165, 1.54) is 0 Å². The summed E-state index contributed by atoms with van der Waals surface area (Å²) in [6.45, 7) is 9.72. The lowest BCUT2D eigenvalue weighted by Gasteiger charge is -2.39. The molecule has 1 fully saturated rings. The van der Waals surface area contributed by atoms with E-state index >= 15 is 0 Å². The number of amides is 1. The maximum Gasteiger partial charge on any atom is 0.276 e. The van der Waals surface area contributed by atoms with E-state index in [9.17, 15) is 9.90 Å². The van der Waals surface area contributed by atoms with Crippen LogP contribution in [0.1, 0.15) is 63.2 Å². The smallest absolute Gasteiger partial charge is 0.276 e. The molecule has 0 bridgehead atoms. The normalized spacial score (nSPS) is 18.8. The van der Waals surface area contributed by atoms with Crippen molar-refractivity contribution in [2.24, 2.45) is 5.41 Å². The van der Waals surface area contributed by atoms with Crippen molar-refractivity contribution in [1.29, 1.82) is 0 Å². The summed E-state index contributed by atoms with van der Waals surface area (Å²) in [6, 6.07) is 1.75. The third-order valence-electron chi connectivity index (χ3n) is 4.67. The maximum atomic E-state index is 12.5. The molecule has 118 valence electrons. The van der Waals surface area contributed by atoms with Crippen LogP contribution in [0.3, 0.4) is 0 Å². The number of likely N-dealkylation sites (tertiary alicyclic amines) is 1. The van der Waals surface area contributed by atoms with Gasteiger partial charge in [-0.1, -0.05) is 32.9 Å². The Hall–Kier alpha value is -1.36. The van der Waals surface area contributed by atoms with Crippen LogP contribution in [0.15, 0.2) is 10.6 Å². The fourth-order valence-electron chi connectivity index (χ4n) is 2.70. The zero-order valence-corrected chi connectivity index (χ0v) is 13.5. The Morgan fingerprint density at radius 2 is 2.05 bits per heavy atom. The first-order chi connectivity index (χ1) is 9.81. The van der Waals surface area contributed by atoms with Crippen LogP contribution in [0, 0.1) is 5.41 Å². The highest BCUT2D eigenvalue weighted by Gasteiger charge is 2.35. The second-order valence-corrected chi connectivity index (χ2v) is 7.13. The Morgan fingerprint density at radius 3 is 2.48 bits per heavy atom. The zero-order chi connectivity index (χ0) is 15.7. The SMILES string of the molecule is CCC1(CO)CCN(C(=O)c2cc(C(C)(C)C)on2)CC1. The van der Waals surface area contributed by atoms with E-state index in [1.54, 1.807) is 6.07 Å². The average molecular weight is 294 g/mol. The van der Waals surface area contributed by atoms with Gasteiger partial charge in [0.05, 0.1) is 0 Å². The van der Waals surface area contributed by atoms with Gasteiger partial charge in [-0.05, 0) is 24.7 Å². The highest BCUT2D eigenvalue weighted by Crippen LogP contribution is 2.34. The summed E-state index contributed by atoms with van der Waals surface area (Å²) in [4.78, 5) is 14.3. The number of carbonyl (C=O) groups excluding carboxylic acids is 1. The van der Waals surface area contributed by atoms with E-state index in [0.717, 1.165) is 25.0 Å². The monoisotopic (exact) mass is 294 g/mol. The lowest BCUT2D eigenvalue weighted by atomic mass is 9.77. The third kappa shape index (κ3) is 3.28. The Morgan fingerprint density at radius 1 is 1.43 bits per heavy atom. The minimum absolute atomic E-state index is 0.0167. The van der Waals surface area contributed by atoms with Gasteiger partial charge in [-0.2, -0.15) is 0 Å². The molecule has 5 heteroatoms. The Labute approximate surface area is 126 Å². The van der Waals surface area contributed by atoms with Crippen molar-refractivity contribution in [3.05, 3.63) is 17.5 Å². The van der Waals surface area contributed by atoms with Gasteiger partial charge in [0.25, 0.3) is 5.91 Å². The molecule has 1 aromatic heterocycles. The Balaban J connectivity index is 2.04. The van der Waals surface area contributed by atoms with E-state index in [0.29, 0.717) is 18.8 Å². The summed E-state index contributed by atoms with van der Waals surface area (Å²) in [7, 11) is 0. The van der Waals surface area contributed by atoms with Crippen molar-refractivity contribution in [3.8, 4) is 0 Å². The number of hydrogen-bond donors (Lipinski definition) is 1. The number of hydrogen-bond acceptors (Lipinski definition) is 4. The van der Waals surface area contributed by atoms with Gasteiger partial charge in [-0.3, -0.25) is 4.79 Å². The lowest BCUT2D eigenvalue weighted by molar-refractivity contribution is 0.0332. The fraction of sp³-hybridized carbons (Fsp3) is 0.750. The Bertz CT molecular complexity index is 488. The van der Waals surface area contributed by atoms with E-state index in [4.69, 9.17) is 4.52 Å². The minimum atomic E-state index is -0.151. The second kappa shape index (κ2) is 5.79. The van der Waals surface area contributed by atoms with Crippen LogP contribution in [0.2, 0.25) is 0 Å². The number of carbonyl (C=O) groups is 1. The van der Waals surface area contributed by atoms with Crippen LogP contribution in [0.4, 0.5) is 0 Å². The van der Waals surface area contributed by atoms with Crippen molar-refractivity contribution in [2.45, 2.75) is 52.4 Å². The van der Waals surface area contributed by atoms with Crippen molar-refractivity contribution in [2.75, 3.05) is 19.7 Å². The van der Waals surface area contributed by atoms with Gasteiger partial charge in [0, 0.05) is 31.2 Å². The van der Waals surface area contributed by atoms with Crippen LogP contribution >= 0.6 is 0 Å². The first-order valence-corrected chi connectivity index (χ1v) is 7.69. The molecular formula is C16H26N2O3. The molecule has 0 aromatic carbocycles. The molecule has 1 aliphatic heterocycles. The zero-order valence-electron chi connectivity index (χ0n) is 13.5. The molecule has 1 aliphatic rings. The van der Waals surface area contributed by atoms with Crippen LogP contribution < -0.4 is 0 Å². The standard InChI is InChI=1S/C16H26N2O3/c1-5-16(11-19)6-8-18(9-7-16)14(20)12-10-13(21-17-12)15(2,3)4/h10,19H,5-9,11H2,1-4H3. The van der Waals surface area contributed by atoms with Gasteiger partial charge < -0.3 is 14.5 Å². The van der Waals surface area contributed by atoms with E-state index in [1.807, 2.05) is 25.7 Å². The van der Waals surface area contributed by atoms with Gasteiger partial charge in [0.15, 0.2) is 5.69 Å². The van der Waals surface area contributed by atoms with Gasteiger partial charge in [-0.25, -0.2) is 0 Å². The van der Waals surface area contributed by atoms with E-state index in [2.05, 4.69) is 12.1 Å². The largest absolute Gasteiger partial charge is 0.396 e. The fourth-order valence-corrected chi connectivity index (χ4v) is 2.70. The quantitative estimate of drug-likeness (QED) is 0.930. The number of aliphatic hydroxyl groups excluding tert-OH is 1. The highest BCUT2D eigenvalue weighted by atomic mass is 16.5. The maximum absolute atomic E-state index is 12.5. The lowest BCUT2D eigenvalue weighted by Crippen LogP contribution is -2.44. The summed E-state index contributed by atoms with van der Waals surface area (Å²) in [6.07, 6.45) is 2.63. The van der Waals surface area contributed by atoms with Crippen molar-refractivity contribution in [3.63, 3.8) is 0 Å². The molecule has 21 heavy (non-hydrogen) atoms. The molecule has 0 aliphatic carbocycles. The van der Waals surface area contributed by atoms with Crippen molar-refractivity contribution >= 4 is 5.91 Å². The molecule has 0 saturated carbocycles. The number of nitrogens with zero attached hydrogens (tertiary/aromatic N) is 2. The summed E-state index contributed by atoms with van der Waals surface area (Å²) in [5.74, 6) is 0.651. The number of piperidine rings is 1. The summed E-state index contributed by atoms with van der Waals surface area (Å²) < 4.78 is 5.29. The predicted octanol–water partition coefficient (Wildman–Crippen LogP) is 2.60. The van der Waals surface area contributed by atoms with Gasteiger partial charge in [-0.15, -0.1) is 0 Å². The van der Waals surface area contributed by atoms with Crippen LogP contribution in [-0.2, 0) is 5.41 Å². The number of rotatable bonds is 3. The molecule has 1 amide bonds. The van der Waals surface area contributed by atoms with Crippen LogP contribution in [0.25, 0.3) is 0 Å². The van der Waals surface area contributed by atoms with Gasteiger partial charge in [0.1, 0.15) is 5.76 Å². The topological polar surface area (TPSA) is 66.6 Å². The molecule has 1 aromatic rings. The van der Waals surface area contributed by atoms with Gasteiger partial charge >= 0.3 is 0 Å². The van der Waals surface area contributed by atoms with Crippen molar-refractivity contribution < 1.29 is 14.4 Å². The number of aliphatic hydroxyl groups is 1. The van der Waals surface area contributed by atoms with Gasteiger partial charge in [0.2, 0.25) is 0 Å². The first-order valence-electron chi connectivity index (χ1n) is 7.69. The summed E-state index contributed by atoms with van der Waals surface area (Å²) in [5.41, 5.74) is 0.215. The third-order valence-corrected chi connectivity index (χ3v) is 4.67. The first kappa shape index (κ1) is 16.0.